The topological polar surface area (TPSA) is 81.2 Å². The second kappa shape index (κ2) is 3.80. The third kappa shape index (κ3) is 1.95. The normalized spacial score (nSPS) is 10.4. The molecule has 2 heterocycles. The maximum atomic E-state index is 11.7. The molecule has 0 aliphatic heterocycles. The van der Waals surface area contributed by atoms with E-state index in [2.05, 4.69) is 15.5 Å². The van der Waals surface area contributed by atoms with Gasteiger partial charge in [0.25, 0.3) is 5.91 Å². The van der Waals surface area contributed by atoms with Crippen molar-refractivity contribution in [3.63, 3.8) is 0 Å². The van der Waals surface area contributed by atoms with Crippen LogP contribution in [0.25, 0.3) is 0 Å². The molecule has 2 aromatic rings. The second-order valence-corrected chi connectivity index (χ2v) is 3.42. The van der Waals surface area contributed by atoms with Crippen LogP contribution in [0.15, 0.2) is 15.0 Å². The van der Waals surface area contributed by atoms with E-state index in [1.54, 1.807) is 26.8 Å². The molecule has 1 N–H and O–H groups in total. The van der Waals surface area contributed by atoms with Crippen molar-refractivity contribution in [3.05, 3.63) is 29.2 Å². The van der Waals surface area contributed by atoms with Crippen LogP contribution in [-0.2, 0) is 0 Å². The van der Waals surface area contributed by atoms with Gasteiger partial charge in [0.2, 0.25) is 5.76 Å². The molecule has 0 saturated heterocycles. The molecule has 0 spiro atoms. The van der Waals surface area contributed by atoms with Gasteiger partial charge < -0.3 is 14.3 Å². The maximum absolute atomic E-state index is 11.7. The van der Waals surface area contributed by atoms with Crippen LogP contribution in [0.4, 0.5) is 5.82 Å². The van der Waals surface area contributed by atoms with Gasteiger partial charge in [-0.15, -0.1) is 0 Å². The zero-order valence-corrected chi connectivity index (χ0v) is 9.20. The van der Waals surface area contributed by atoms with E-state index in [0.717, 1.165) is 0 Å². The average Bonchev–Trinajstić information content (AvgIpc) is 2.73. The molecule has 0 atom stereocenters. The predicted octanol–water partition coefficient (Wildman–Crippen LogP) is 1.84. The van der Waals surface area contributed by atoms with Gasteiger partial charge >= 0.3 is 0 Å². The molecule has 0 aliphatic rings. The largest absolute Gasteiger partial charge is 0.436 e. The molecule has 0 radical (unpaired) electrons. The molecule has 1 amide bonds. The lowest BCUT2D eigenvalue weighted by Gasteiger charge is -1.97. The number of aryl methyl sites for hydroxylation is 3. The molecule has 2 rings (SSSR count). The summed E-state index contributed by atoms with van der Waals surface area (Å²) in [6, 6.07) is 1.62. The molecule has 0 unspecified atom stereocenters. The molecule has 6 heteroatoms. The van der Waals surface area contributed by atoms with Crippen LogP contribution in [0.5, 0.6) is 0 Å². The standard InChI is InChI=1S/C10H11N3O3/c1-5-4-8(13-16-5)12-10(14)9-6(2)11-7(3)15-9/h4H,1-3H3,(H,12,13,14). The summed E-state index contributed by atoms with van der Waals surface area (Å²) in [6.07, 6.45) is 0. The number of nitrogens with zero attached hydrogens (tertiary/aromatic N) is 2. The van der Waals surface area contributed by atoms with Crippen molar-refractivity contribution in [2.24, 2.45) is 0 Å². The summed E-state index contributed by atoms with van der Waals surface area (Å²) in [7, 11) is 0. The lowest BCUT2D eigenvalue weighted by Crippen LogP contribution is -2.12. The van der Waals surface area contributed by atoms with Crippen molar-refractivity contribution in [1.29, 1.82) is 0 Å². The smallest absolute Gasteiger partial charge is 0.294 e. The Morgan fingerprint density at radius 2 is 2.12 bits per heavy atom. The number of hydrogen-bond donors (Lipinski definition) is 1. The molecule has 0 aliphatic carbocycles. The van der Waals surface area contributed by atoms with Crippen LogP contribution in [-0.4, -0.2) is 16.0 Å². The monoisotopic (exact) mass is 221 g/mol. The highest BCUT2D eigenvalue weighted by Gasteiger charge is 2.17. The summed E-state index contributed by atoms with van der Waals surface area (Å²) < 4.78 is 10.00. The third-order valence-corrected chi connectivity index (χ3v) is 1.98. The fraction of sp³-hybridized carbons (Fsp3) is 0.300. The van der Waals surface area contributed by atoms with Gasteiger partial charge in [0, 0.05) is 13.0 Å². The first-order valence-electron chi connectivity index (χ1n) is 4.75. The van der Waals surface area contributed by atoms with Crippen LogP contribution < -0.4 is 5.32 Å². The maximum Gasteiger partial charge on any atom is 0.294 e. The Morgan fingerprint density at radius 1 is 1.38 bits per heavy atom. The number of nitrogens with one attached hydrogen (secondary N) is 1. The lowest BCUT2D eigenvalue weighted by atomic mass is 10.3. The number of amides is 1. The molecule has 0 bridgehead atoms. The van der Waals surface area contributed by atoms with Gasteiger partial charge in [-0.25, -0.2) is 4.98 Å². The van der Waals surface area contributed by atoms with E-state index in [4.69, 9.17) is 8.94 Å². The van der Waals surface area contributed by atoms with Crippen LogP contribution in [0.3, 0.4) is 0 Å². The van der Waals surface area contributed by atoms with Crippen LogP contribution >= 0.6 is 0 Å². The Balaban J connectivity index is 2.17. The second-order valence-electron chi connectivity index (χ2n) is 3.42. The van der Waals surface area contributed by atoms with E-state index in [-0.39, 0.29) is 11.7 Å². The highest BCUT2D eigenvalue weighted by molar-refractivity contribution is 6.02. The Morgan fingerprint density at radius 3 is 2.62 bits per heavy atom. The minimum Gasteiger partial charge on any atom is -0.436 e. The molecule has 0 aromatic carbocycles. The Bertz CT molecular complexity index is 527. The van der Waals surface area contributed by atoms with Gasteiger partial charge in [0.15, 0.2) is 11.7 Å². The van der Waals surface area contributed by atoms with Gasteiger partial charge in [0.05, 0.1) is 5.69 Å². The first-order chi connectivity index (χ1) is 7.56. The molecule has 16 heavy (non-hydrogen) atoms. The highest BCUT2D eigenvalue weighted by atomic mass is 16.5. The lowest BCUT2D eigenvalue weighted by molar-refractivity contribution is 0.0993. The Labute approximate surface area is 91.6 Å². The summed E-state index contributed by atoms with van der Waals surface area (Å²) in [6.45, 7) is 5.13. The molecule has 6 nitrogen and oxygen atoms in total. The van der Waals surface area contributed by atoms with E-state index in [0.29, 0.717) is 23.2 Å². The van der Waals surface area contributed by atoms with Gasteiger partial charge in [-0.1, -0.05) is 5.16 Å². The number of rotatable bonds is 2. The summed E-state index contributed by atoms with van der Waals surface area (Å²) in [5, 5.41) is 6.20. The SMILES string of the molecule is Cc1cc(NC(=O)c2oc(C)nc2C)no1. The zero-order chi connectivity index (χ0) is 11.7. The molecule has 84 valence electrons. The first kappa shape index (κ1) is 10.4. The summed E-state index contributed by atoms with van der Waals surface area (Å²) in [5.41, 5.74) is 0.551. The quantitative estimate of drug-likeness (QED) is 0.836. The van der Waals surface area contributed by atoms with Gasteiger partial charge in [-0.05, 0) is 13.8 Å². The van der Waals surface area contributed by atoms with Gasteiger partial charge in [-0.2, -0.15) is 0 Å². The van der Waals surface area contributed by atoms with Crippen molar-refractivity contribution in [2.75, 3.05) is 5.32 Å². The molecular weight excluding hydrogens is 210 g/mol. The number of carbonyl (C=O) groups excluding carboxylic acids is 1. The number of oxazole rings is 1. The Hall–Kier alpha value is -2.11. The van der Waals surface area contributed by atoms with Gasteiger partial charge in [0.1, 0.15) is 5.76 Å². The minimum absolute atomic E-state index is 0.193. The fourth-order valence-corrected chi connectivity index (χ4v) is 1.34. The number of anilines is 1. The minimum atomic E-state index is -0.383. The predicted molar refractivity (Wildman–Crippen MR) is 55.2 cm³/mol. The summed E-state index contributed by atoms with van der Waals surface area (Å²) in [4.78, 5) is 15.7. The number of hydrogen-bond acceptors (Lipinski definition) is 5. The van der Waals surface area contributed by atoms with E-state index in [1.807, 2.05) is 0 Å². The van der Waals surface area contributed by atoms with Gasteiger partial charge in [-0.3, -0.25) is 4.79 Å². The number of carbonyl (C=O) groups is 1. The van der Waals surface area contributed by atoms with Crippen molar-refractivity contribution in [1.82, 2.24) is 10.1 Å². The molecule has 2 aromatic heterocycles. The zero-order valence-electron chi connectivity index (χ0n) is 9.20. The third-order valence-electron chi connectivity index (χ3n) is 1.98. The van der Waals surface area contributed by atoms with Crippen LogP contribution in [0, 0.1) is 20.8 Å². The van der Waals surface area contributed by atoms with Crippen LogP contribution in [0.1, 0.15) is 27.9 Å². The molecule has 0 saturated carbocycles. The van der Waals surface area contributed by atoms with E-state index < -0.39 is 0 Å². The molecule has 0 fully saturated rings. The first-order valence-corrected chi connectivity index (χ1v) is 4.75. The van der Waals surface area contributed by atoms with Crippen LogP contribution in [0.2, 0.25) is 0 Å². The fourth-order valence-electron chi connectivity index (χ4n) is 1.34. The Kier molecular flexibility index (Phi) is 2.47. The van der Waals surface area contributed by atoms with Crippen molar-refractivity contribution < 1.29 is 13.7 Å². The molecular formula is C10H11N3O3. The van der Waals surface area contributed by atoms with E-state index >= 15 is 0 Å². The summed E-state index contributed by atoms with van der Waals surface area (Å²) >= 11 is 0. The van der Waals surface area contributed by atoms with Crippen molar-refractivity contribution in [3.8, 4) is 0 Å². The highest BCUT2D eigenvalue weighted by Crippen LogP contribution is 2.13. The number of aromatic nitrogens is 2. The van der Waals surface area contributed by atoms with Crippen molar-refractivity contribution >= 4 is 11.7 Å². The van der Waals surface area contributed by atoms with E-state index in [1.165, 1.54) is 0 Å². The van der Waals surface area contributed by atoms with Crippen molar-refractivity contribution in [2.45, 2.75) is 20.8 Å². The average molecular weight is 221 g/mol. The summed E-state index contributed by atoms with van der Waals surface area (Å²) in [5.74, 6) is 1.25. The van der Waals surface area contributed by atoms with E-state index in [9.17, 15) is 4.79 Å².